The zero-order chi connectivity index (χ0) is 13.0. The molecule has 0 aliphatic rings. The van der Waals surface area contributed by atoms with Crippen LogP contribution in [0.5, 0.6) is 0 Å². The second-order valence-electron chi connectivity index (χ2n) is 4.12. The van der Waals surface area contributed by atoms with Crippen LogP contribution in [-0.4, -0.2) is 14.9 Å². The molecule has 4 heteroatoms. The van der Waals surface area contributed by atoms with E-state index in [0.29, 0.717) is 11.1 Å². The van der Waals surface area contributed by atoms with Crippen molar-refractivity contribution in [3.05, 3.63) is 53.3 Å². The van der Waals surface area contributed by atoms with Crippen LogP contribution in [0.1, 0.15) is 36.3 Å². The first-order valence-electron chi connectivity index (χ1n) is 5.96. The summed E-state index contributed by atoms with van der Waals surface area (Å²) in [6.07, 6.45) is 1.90. The molecular weight excluding hydrogens is 226 g/mol. The van der Waals surface area contributed by atoms with Crippen molar-refractivity contribution in [1.82, 2.24) is 9.78 Å². The third-order valence-electron chi connectivity index (χ3n) is 2.80. The molecule has 0 aliphatic carbocycles. The maximum atomic E-state index is 10.3. The molecule has 0 radical (unpaired) electrons. The number of benzene rings is 1. The lowest BCUT2D eigenvalue weighted by atomic mass is 10.0. The summed E-state index contributed by atoms with van der Waals surface area (Å²) >= 11 is 0. The number of hydrogen-bond donors (Lipinski definition) is 1. The lowest BCUT2D eigenvalue weighted by Crippen LogP contribution is -2.10. The average molecular weight is 241 g/mol. The Bertz CT molecular complexity index is 568. The normalized spacial score (nSPS) is 12.1. The highest BCUT2D eigenvalue weighted by atomic mass is 16.3. The van der Waals surface area contributed by atoms with Crippen LogP contribution < -0.4 is 0 Å². The molecule has 0 saturated heterocycles. The van der Waals surface area contributed by atoms with E-state index in [1.165, 1.54) is 0 Å². The minimum Gasteiger partial charge on any atom is -0.382 e. The Morgan fingerprint density at radius 1 is 1.44 bits per heavy atom. The maximum absolute atomic E-state index is 10.3. The Morgan fingerprint density at radius 3 is 3.00 bits per heavy atom. The van der Waals surface area contributed by atoms with Crippen LogP contribution in [-0.2, 0) is 6.54 Å². The van der Waals surface area contributed by atoms with Crippen LogP contribution in [0.2, 0.25) is 0 Å². The second-order valence-corrected chi connectivity index (χ2v) is 4.12. The van der Waals surface area contributed by atoms with Gasteiger partial charge in [0.2, 0.25) is 0 Å². The summed E-state index contributed by atoms with van der Waals surface area (Å²) < 4.78 is 1.80. The molecule has 1 aromatic carbocycles. The predicted molar refractivity (Wildman–Crippen MR) is 67.7 cm³/mol. The van der Waals surface area contributed by atoms with E-state index < -0.39 is 6.10 Å². The molecule has 1 unspecified atom stereocenters. The fourth-order valence-corrected chi connectivity index (χ4v) is 1.92. The first-order valence-corrected chi connectivity index (χ1v) is 5.96. The van der Waals surface area contributed by atoms with Crippen LogP contribution in [0.25, 0.3) is 0 Å². The summed E-state index contributed by atoms with van der Waals surface area (Å²) in [4.78, 5) is 0. The molecule has 18 heavy (non-hydrogen) atoms. The number of aryl methyl sites for hydroxylation is 1. The Labute approximate surface area is 106 Å². The SMILES string of the molecule is CCCn1nccc1C(O)c1cccc(C#N)c1. The molecule has 0 aliphatic heterocycles. The molecule has 4 nitrogen and oxygen atoms in total. The standard InChI is InChI=1S/C14H15N3O/c1-2-8-17-13(6-7-16-17)14(18)12-5-3-4-11(9-12)10-15/h3-7,9,14,18H,2,8H2,1H3. The van der Waals surface area contributed by atoms with Gasteiger partial charge in [0.25, 0.3) is 0 Å². The number of nitrogens with zero attached hydrogens (tertiary/aromatic N) is 3. The van der Waals surface area contributed by atoms with Gasteiger partial charge in [-0.1, -0.05) is 19.1 Å². The highest BCUT2D eigenvalue weighted by molar-refractivity contribution is 5.36. The van der Waals surface area contributed by atoms with Crippen LogP contribution >= 0.6 is 0 Å². The fraction of sp³-hybridized carbons (Fsp3) is 0.286. The monoisotopic (exact) mass is 241 g/mol. The van der Waals surface area contributed by atoms with Crippen molar-refractivity contribution >= 4 is 0 Å². The van der Waals surface area contributed by atoms with E-state index in [1.807, 2.05) is 6.07 Å². The summed E-state index contributed by atoms with van der Waals surface area (Å²) in [6.45, 7) is 2.84. The minimum atomic E-state index is -0.743. The summed E-state index contributed by atoms with van der Waals surface area (Å²) in [5.41, 5.74) is 2.02. The molecule has 0 amide bonds. The zero-order valence-electron chi connectivity index (χ0n) is 10.2. The Hall–Kier alpha value is -2.12. The van der Waals surface area contributed by atoms with Crippen LogP contribution in [0, 0.1) is 11.3 Å². The number of nitriles is 1. The van der Waals surface area contributed by atoms with E-state index >= 15 is 0 Å². The van der Waals surface area contributed by atoms with Crippen LogP contribution in [0.4, 0.5) is 0 Å². The molecule has 92 valence electrons. The van der Waals surface area contributed by atoms with Gasteiger partial charge in [-0.3, -0.25) is 4.68 Å². The molecule has 0 bridgehead atoms. The topological polar surface area (TPSA) is 61.8 Å². The van der Waals surface area contributed by atoms with Gasteiger partial charge in [0.1, 0.15) is 6.10 Å². The van der Waals surface area contributed by atoms with Crippen LogP contribution in [0.3, 0.4) is 0 Å². The number of rotatable bonds is 4. The highest BCUT2D eigenvalue weighted by Gasteiger charge is 2.15. The summed E-state index contributed by atoms with van der Waals surface area (Å²) in [6, 6.07) is 10.9. The van der Waals surface area contributed by atoms with Gasteiger partial charge in [-0.2, -0.15) is 10.4 Å². The van der Waals surface area contributed by atoms with Gasteiger partial charge in [0, 0.05) is 12.7 Å². The number of aliphatic hydroxyl groups is 1. The summed E-state index contributed by atoms with van der Waals surface area (Å²) in [5.74, 6) is 0. The summed E-state index contributed by atoms with van der Waals surface area (Å²) in [5, 5.41) is 23.4. The van der Waals surface area contributed by atoms with Gasteiger partial charge < -0.3 is 5.11 Å². The van der Waals surface area contributed by atoms with Crippen molar-refractivity contribution in [3.8, 4) is 6.07 Å². The number of hydrogen-bond acceptors (Lipinski definition) is 3. The van der Waals surface area contributed by atoms with E-state index in [2.05, 4.69) is 18.1 Å². The molecule has 2 aromatic rings. The van der Waals surface area contributed by atoms with Crippen molar-refractivity contribution in [3.63, 3.8) is 0 Å². The highest BCUT2D eigenvalue weighted by Crippen LogP contribution is 2.22. The van der Waals surface area contributed by atoms with Gasteiger partial charge in [-0.25, -0.2) is 0 Å². The quantitative estimate of drug-likeness (QED) is 0.893. The van der Waals surface area contributed by atoms with Gasteiger partial charge >= 0.3 is 0 Å². The molecule has 1 heterocycles. The third kappa shape index (κ3) is 2.41. The van der Waals surface area contributed by atoms with Crippen molar-refractivity contribution in [1.29, 1.82) is 5.26 Å². The number of aliphatic hydroxyl groups excluding tert-OH is 1. The van der Waals surface area contributed by atoms with Crippen molar-refractivity contribution < 1.29 is 5.11 Å². The minimum absolute atomic E-state index is 0.549. The zero-order valence-corrected chi connectivity index (χ0v) is 10.2. The van der Waals surface area contributed by atoms with Crippen molar-refractivity contribution in [2.75, 3.05) is 0 Å². The fourth-order valence-electron chi connectivity index (χ4n) is 1.92. The van der Waals surface area contributed by atoms with Gasteiger partial charge in [0.05, 0.1) is 17.3 Å². The number of aromatic nitrogens is 2. The molecule has 1 N–H and O–H groups in total. The average Bonchev–Trinajstić information content (AvgIpc) is 2.86. The summed E-state index contributed by atoms with van der Waals surface area (Å²) in [7, 11) is 0. The molecular formula is C14H15N3O. The van der Waals surface area contributed by atoms with E-state index in [-0.39, 0.29) is 0 Å². The van der Waals surface area contributed by atoms with E-state index in [0.717, 1.165) is 18.7 Å². The molecule has 1 aromatic heterocycles. The lowest BCUT2D eigenvalue weighted by Gasteiger charge is -2.13. The van der Waals surface area contributed by atoms with Gasteiger partial charge in [-0.15, -0.1) is 0 Å². The molecule has 0 saturated carbocycles. The van der Waals surface area contributed by atoms with E-state index in [9.17, 15) is 5.11 Å². The van der Waals surface area contributed by atoms with Crippen LogP contribution in [0.15, 0.2) is 36.5 Å². The smallest absolute Gasteiger partial charge is 0.121 e. The Kier molecular flexibility index (Phi) is 3.75. The van der Waals surface area contributed by atoms with Crippen molar-refractivity contribution in [2.45, 2.75) is 26.0 Å². The van der Waals surface area contributed by atoms with Crippen molar-refractivity contribution in [2.24, 2.45) is 0 Å². The first-order chi connectivity index (χ1) is 8.76. The van der Waals surface area contributed by atoms with E-state index in [4.69, 9.17) is 5.26 Å². The van der Waals surface area contributed by atoms with Gasteiger partial charge in [-0.05, 0) is 30.2 Å². The Morgan fingerprint density at radius 2 is 2.28 bits per heavy atom. The molecule has 2 rings (SSSR count). The first kappa shape index (κ1) is 12.3. The predicted octanol–water partition coefficient (Wildman–Crippen LogP) is 2.25. The molecule has 1 atom stereocenters. The lowest BCUT2D eigenvalue weighted by molar-refractivity contribution is 0.207. The Balaban J connectivity index is 2.32. The largest absolute Gasteiger partial charge is 0.382 e. The molecule has 0 fully saturated rings. The third-order valence-corrected chi connectivity index (χ3v) is 2.80. The van der Waals surface area contributed by atoms with Gasteiger partial charge in [0.15, 0.2) is 0 Å². The second kappa shape index (κ2) is 5.48. The molecule has 0 spiro atoms. The van der Waals surface area contributed by atoms with E-state index in [1.54, 1.807) is 35.1 Å². The maximum Gasteiger partial charge on any atom is 0.121 e.